The van der Waals surface area contributed by atoms with Crippen molar-refractivity contribution in [2.45, 2.75) is 51.4 Å². The van der Waals surface area contributed by atoms with Gasteiger partial charge < -0.3 is 9.33 Å². The average Bonchev–Trinajstić information content (AvgIpc) is 3.03. The topological polar surface area (TPSA) is 66.9 Å². The van der Waals surface area contributed by atoms with Crippen molar-refractivity contribution in [3.8, 4) is 0 Å². The lowest BCUT2D eigenvalue weighted by atomic mass is 10.1. The SMILES string of the molecule is CC(C)(C)[Si](C)(C)O[C@H]1CC(=O)N(CCN2C(=O)c3ccccc3C2=O)C1. The van der Waals surface area contributed by atoms with Crippen LogP contribution in [0.5, 0.6) is 0 Å². The summed E-state index contributed by atoms with van der Waals surface area (Å²) in [5.41, 5.74) is 0.878. The number of nitrogens with zero attached hydrogens (tertiary/aromatic N) is 2. The van der Waals surface area contributed by atoms with Crippen molar-refractivity contribution >= 4 is 26.0 Å². The molecule has 1 saturated heterocycles. The summed E-state index contributed by atoms with van der Waals surface area (Å²) in [4.78, 5) is 40.2. The number of carbonyl (C=O) groups excluding carboxylic acids is 3. The lowest BCUT2D eigenvalue weighted by Gasteiger charge is -2.38. The predicted octanol–water partition coefficient (Wildman–Crippen LogP) is 2.91. The molecular weight excluding hydrogens is 360 g/mol. The molecular formula is C20H28N2O4Si. The third-order valence-corrected chi connectivity index (χ3v) is 10.5. The fourth-order valence-electron chi connectivity index (χ4n) is 3.29. The van der Waals surface area contributed by atoms with Crippen LogP contribution < -0.4 is 0 Å². The van der Waals surface area contributed by atoms with Gasteiger partial charge >= 0.3 is 0 Å². The second-order valence-corrected chi connectivity index (χ2v) is 13.6. The molecule has 1 aromatic carbocycles. The van der Waals surface area contributed by atoms with Gasteiger partial charge in [-0.05, 0) is 30.3 Å². The van der Waals surface area contributed by atoms with Crippen LogP contribution in [-0.4, -0.2) is 61.6 Å². The molecule has 0 spiro atoms. The van der Waals surface area contributed by atoms with Crippen LogP contribution in [-0.2, 0) is 9.22 Å². The van der Waals surface area contributed by atoms with Crippen molar-refractivity contribution < 1.29 is 18.8 Å². The molecule has 146 valence electrons. The summed E-state index contributed by atoms with van der Waals surface area (Å²) in [5.74, 6) is -0.539. The molecule has 3 rings (SSSR count). The van der Waals surface area contributed by atoms with Gasteiger partial charge in [-0.15, -0.1) is 0 Å². The van der Waals surface area contributed by atoms with Gasteiger partial charge in [-0.2, -0.15) is 0 Å². The van der Waals surface area contributed by atoms with Crippen molar-refractivity contribution in [1.29, 1.82) is 0 Å². The number of amides is 3. The molecule has 1 atom stereocenters. The number of carbonyl (C=O) groups is 3. The van der Waals surface area contributed by atoms with Crippen LogP contribution in [0.15, 0.2) is 24.3 Å². The highest BCUT2D eigenvalue weighted by atomic mass is 28.4. The summed E-state index contributed by atoms with van der Waals surface area (Å²) >= 11 is 0. The Labute approximate surface area is 161 Å². The van der Waals surface area contributed by atoms with Crippen LogP contribution in [0.4, 0.5) is 0 Å². The van der Waals surface area contributed by atoms with Crippen molar-refractivity contribution in [2.24, 2.45) is 0 Å². The largest absolute Gasteiger partial charge is 0.412 e. The average molecular weight is 389 g/mol. The Morgan fingerprint density at radius 1 is 1.04 bits per heavy atom. The highest BCUT2D eigenvalue weighted by Crippen LogP contribution is 2.38. The molecule has 0 bridgehead atoms. The van der Waals surface area contributed by atoms with Gasteiger partial charge in [0.25, 0.3) is 11.8 Å². The minimum absolute atomic E-state index is 0.0234. The van der Waals surface area contributed by atoms with Crippen molar-refractivity contribution in [3.05, 3.63) is 35.4 Å². The van der Waals surface area contributed by atoms with Crippen LogP contribution in [0.25, 0.3) is 0 Å². The zero-order chi connectivity index (χ0) is 20.0. The first kappa shape index (κ1) is 19.8. The molecule has 0 N–H and O–H groups in total. The van der Waals surface area contributed by atoms with E-state index < -0.39 is 8.32 Å². The molecule has 0 aromatic heterocycles. The molecule has 27 heavy (non-hydrogen) atoms. The molecule has 2 heterocycles. The highest BCUT2D eigenvalue weighted by Gasteiger charge is 2.42. The normalized spacial score (nSPS) is 20.6. The van der Waals surface area contributed by atoms with Crippen LogP contribution in [0, 0.1) is 0 Å². The second-order valence-electron chi connectivity index (χ2n) is 8.85. The van der Waals surface area contributed by atoms with Gasteiger partial charge in [-0.3, -0.25) is 19.3 Å². The molecule has 0 aliphatic carbocycles. The van der Waals surface area contributed by atoms with Crippen LogP contribution in [0.3, 0.4) is 0 Å². The van der Waals surface area contributed by atoms with E-state index in [1.54, 1.807) is 29.2 Å². The minimum Gasteiger partial charge on any atom is -0.412 e. The Hall–Kier alpha value is -1.99. The van der Waals surface area contributed by atoms with E-state index in [1.165, 1.54) is 4.90 Å². The van der Waals surface area contributed by atoms with E-state index in [0.29, 0.717) is 30.6 Å². The lowest BCUT2D eigenvalue weighted by Crippen LogP contribution is -2.45. The molecule has 6 nitrogen and oxygen atoms in total. The van der Waals surface area contributed by atoms with E-state index in [1.807, 2.05) is 0 Å². The van der Waals surface area contributed by atoms with E-state index in [0.717, 1.165) is 0 Å². The minimum atomic E-state index is -1.94. The molecule has 1 fully saturated rings. The molecule has 0 saturated carbocycles. The Kier molecular flexibility index (Phi) is 5.03. The van der Waals surface area contributed by atoms with Crippen LogP contribution >= 0.6 is 0 Å². The van der Waals surface area contributed by atoms with E-state index in [2.05, 4.69) is 33.9 Å². The number of likely N-dealkylation sites (tertiary alicyclic amines) is 1. The van der Waals surface area contributed by atoms with Gasteiger partial charge in [0.05, 0.1) is 23.7 Å². The Bertz CT molecular complexity index is 749. The number of benzene rings is 1. The van der Waals surface area contributed by atoms with Crippen LogP contribution in [0.2, 0.25) is 18.1 Å². The number of imide groups is 1. The van der Waals surface area contributed by atoms with Gasteiger partial charge in [0.2, 0.25) is 5.91 Å². The fourth-order valence-corrected chi connectivity index (χ4v) is 4.63. The maximum Gasteiger partial charge on any atom is 0.261 e. The highest BCUT2D eigenvalue weighted by molar-refractivity contribution is 6.74. The number of hydrogen-bond donors (Lipinski definition) is 0. The maximum absolute atomic E-state index is 12.4. The number of hydrogen-bond acceptors (Lipinski definition) is 4. The van der Waals surface area contributed by atoms with Gasteiger partial charge in [0.15, 0.2) is 8.32 Å². The molecule has 1 aromatic rings. The smallest absolute Gasteiger partial charge is 0.261 e. The second kappa shape index (κ2) is 6.87. The molecule has 0 unspecified atom stereocenters. The van der Waals surface area contributed by atoms with E-state index in [9.17, 15) is 14.4 Å². The molecule has 3 amide bonds. The van der Waals surface area contributed by atoms with Crippen LogP contribution in [0.1, 0.15) is 47.9 Å². The zero-order valence-corrected chi connectivity index (χ0v) is 17.7. The summed E-state index contributed by atoms with van der Waals surface area (Å²) in [6.07, 6.45) is 0.259. The van der Waals surface area contributed by atoms with Crippen molar-refractivity contribution in [2.75, 3.05) is 19.6 Å². The summed E-state index contributed by atoms with van der Waals surface area (Å²) in [5, 5.41) is 0.0869. The van der Waals surface area contributed by atoms with Gasteiger partial charge in [0, 0.05) is 19.6 Å². The summed E-state index contributed by atoms with van der Waals surface area (Å²) in [6, 6.07) is 6.83. The maximum atomic E-state index is 12.4. The molecule has 2 aliphatic heterocycles. The van der Waals surface area contributed by atoms with E-state index >= 15 is 0 Å². The first-order valence-corrected chi connectivity index (χ1v) is 12.3. The molecule has 0 radical (unpaired) electrons. The van der Waals surface area contributed by atoms with Crippen molar-refractivity contribution in [1.82, 2.24) is 9.80 Å². The van der Waals surface area contributed by atoms with E-state index in [4.69, 9.17) is 4.43 Å². The third-order valence-electron chi connectivity index (χ3n) is 5.92. The predicted molar refractivity (Wildman–Crippen MR) is 105 cm³/mol. The Balaban J connectivity index is 1.59. The van der Waals surface area contributed by atoms with Gasteiger partial charge in [0.1, 0.15) is 0 Å². The number of rotatable bonds is 5. The van der Waals surface area contributed by atoms with Gasteiger partial charge in [-0.1, -0.05) is 32.9 Å². The van der Waals surface area contributed by atoms with Crippen molar-refractivity contribution in [3.63, 3.8) is 0 Å². The van der Waals surface area contributed by atoms with Gasteiger partial charge in [-0.25, -0.2) is 0 Å². The fraction of sp³-hybridized carbons (Fsp3) is 0.550. The monoisotopic (exact) mass is 388 g/mol. The summed E-state index contributed by atoms with van der Waals surface area (Å²) in [7, 11) is -1.94. The first-order valence-electron chi connectivity index (χ1n) is 9.42. The first-order chi connectivity index (χ1) is 12.5. The third kappa shape index (κ3) is 3.71. The van der Waals surface area contributed by atoms with E-state index in [-0.39, 0.29) is 35.4 Å². The number of fused-ring (bicyclic) bond motifs is 1. The quantitative estimate of drug-likeness (QED) is 0.575. The summed E-state index contributed by atoms with van der Waals surface area (Å²) in [6.45, 7) is 12.0. The lowest BCUT2D eigenvalue weighted by molar-refractivity contribution is -0.127. The zero-order valence-electron chi connectivity index (χ0n) is 16.7. The molecule has 2 aliphatic rings. The molecule has 7 heteroatoms. The standard InChI is InChI=1S/C20H28N2O4Si/c1-20(2,3)27(4,5)26-14-12-17(23)21(13-14)10-11-22-18(24)15-8-6-7-9-16(15)19(22)25/h6-9,14H,10-13H2,1-5H3/t14-/m0/s1. The summed E-state index contributed by atoms with van der Waals surface area (Å²) < 4.78 is 6.36. The Morgan fingerprint density at radius 3 is 2.11 bits per heavy atom. The Morgan fingerprint density at radius 2 is 1.59 bits per heavy atom.